The van der Waals surface area contributed by atoms with Crippen LogP contribution in [0.2, 0.25) is 0 Å². The summed E-state index contributed by atoms with van der Waals surface area (Å²) >= 11 is 0. The van der Waals surface area contributed by atoms with Gasteiger partial charge in [0.05, 0.1) is 12.2 Å². The lowest BCUT2D eigenvalue weighted by Gasteiger charge is -2.26. The van der Waals surface area contributed by atoms with Crippen LogP contribution in [0.15, 0.2) is 30.5 Å². The molecule has 3 rings (SSSR count). The number of hydrogen-bond donors (Lipinski definition) is 1. The second-order valence-electron chi connectivity index (χ2n) is 5.11. The molecule has 1 N–H and O–H groups in total. The van der Waals surface area contributed by atoms with Crippen molar-refractivity contribution in [3.05, 3.63) is 36.2 Å². The lowest BCUT2D eigenvalue weighted by molar-refractivity contribution is 0.0755. The third-order valence-corrected chi connectivity index (χ3v) is 3.28. The normalized spacial score (nSPS) is 16.9. The molecule has 0 amide bonds. The van der Waals surface area contributed by atoms with Crippen molar-refractivity contribution in [1.29, 1.82) is 0 Å². The van der Waals surface area contributed by atoms with Crippen LogP contribution in [0, 0.1) is 0 Å². The molecule has 1 unspecified atom stereocenters. The summed E-state index contributed by atoms with van der Waals surface area (Å²) < 4.78 is 13.4. The lowest BCUT2D eigenvalue weighted by Crippen LogP contribution is -2.33. The predicted octanol–water partition coefficient (Wildman–Crippen LogP) is 1.62. The Morgan fingerprint density at radius 1 is 1.33 bits per heavy atom. The third-order valence-electron chi connectivity index (χ3n) is 3.28. The van der Waals surface area contributed by atoms with Gasteiger partial charge in [0.15, 0.2) is 17.6 Å². The molecular weight excluding hydrogens is 268 g/mol. The van der Waals surface area contributed by atoms with E-state index in [1.54, 1.807) is 0 Å². The summed E-state index contributed by atoms with van der Waals surface area (Å²) in [4.78, 5) is 0. The van der Waals surface area contributed by atoms with Crippen molar-refractivity contribution in [2.75, 3.05) is 13.2 Å². The maximum absolute atomic E-state index is 5.91. The number of hydrogen-bond acceptors (Lipinski definition) is 5. The fourth-order valence-electron chi connectivity index (χ4n) is 2.26. The van der Waals surface area contributed by atoms with Crippen molar-refractivity contribution in [1.82, 2.24) is 20.3 Å². The van der Waals surface area contributed by atoms with E-state index in [1.165, 1.54) is 0 Å². The number of ether oxygens (including phenoxy) is 2. The molecule has 1 aliphatic heterocycles. The summed E-state index contributed by atoms with van der Waals surface area (Å²) in [6.07, 6.45) is 3.02. The van der Waals surface area contributed by atoms with Crippen LogP contribution in [0.25, 0.3) is 0 Å². The largest absolute Gasteiger partial charge is 0.486 e. The van der Waals surface area contributed by atoms with Crippen LogP contribution in [0.4, 0.5) is 0 Å². The Kier molecular flexibility index (Phi) is 4.35. The van der Waals surface area contributed by atoms with E-state index in [2.05, 4.69) is 22.6 Å². The number of nitrogens with zero attached hydrogens (tertiary/aromatic N) is 3. The Morgan fingerprint density at radius 2 is 2.19 bits per heavy atom. The first-order valence-electron chi connectivity index (χ1n) is 7.33. The van der Waals surface area contributed by atoms with Gasteiger partial charge in [-0.15, -0.1) is 5.10 Å². The molecule has 112 valence electrons. The van der Waals surface area contributed by atoms with E-state index in [9.17, 15) is 0 Å². The highest BCUT2D eigenvalue weighted by atomic mass is 16.6. The van der Waals surface area contributed by atoms with Gasteiger partial charge in [-0.2, -0.15) is 0 Å². The fourth-order valence-corrected chi connectivity index (χ4v) is 2.26. The van der Waals surface area contributed by atoms with Crippen molar-refractivity contribution in [3.63, 3.8) is 0 Å². The average Bonchev–Trinajstić information content (AvgIpc) is 2.95. The second kappa shape index (κ2) is 6.58. The highest BCUT2D eigenvalue weighted by molar-refractivity contribution is 5.40. The molecule has 6 nitrogen and oxygen atoms in total. The SMILES string of the molecule is CCCNCc1cn(CC2COc3ccccc3O2)nn1. The fraction of sp³-hybridized carbons (Fsp3) is 0.467. The monoisotopic (exact) mass is 288 g/mol. The highest BCUT2D eigenvalue weighted by Crippen LogP contribution is 2.31. The summed E-state index contributed by atoms with van der Waals surface area (Å²) in [5.41, 5.74) is 0.945. The molecule has 2 heterocycles. The van der Waals surface area contributed by atoms with Gasteiger partial charge in [-0.25, -0.2) is 4.68 Å². The molecule has 1 atom stereocenters. The summed E-state index contributed by atoms with van der Waals surface area (Å²) in [5, 5.41) is 11.6. The maximum Gasteiger partial charge on any atom is 0.161 e. The molecule has 1 aromatic carbocycles. The third kappa shape index (κ3) is 3.52. The molecule has 0 fully saturated rings. The summed E-state index contributed by atoms with van der Waals surface area (Å²) in [6.45, 7) is 5.04. The Labute approximate surface area is 124 Å². The number of aromatic nitrogens is 3. The van der Waals surface area contributed by atoms with Gasteiger partial charge >= 0.3 is 0 Å². The van der Waals surface area contributed by atoms with Crippen LogP contribution < -0.4 is 14.8 Å². The quantitative estimate of drug-likeness (QED) is 0.818. The first kappa shape index (κ1) is 13.9. The number of benzene rings is 1. The molecule has 0 saturated carbocycles. The minimum atomic E-state index is -0.0435. The number of nitrogens with one attached hydrogen (secondary N) is 1. The van der Waals surface area contributed by atoms with Crippen molar-refractivity contribution in [2.45, 2.75) is 32.5 Å². The van der Waals surface area contributed by atoms with Crippen molar-refractivity contribution < 1.29 is 9.47 Å². The zero-order valence-electron chi connectivity index (χ0n) is 12.2. The zero-order valence-corrected chi connectivity index (χ0v) is 12.2. The van der Waals surface area contributed by atoms with E-state index < -0.39 is 0 Å². The van der Waals surface area contributed by atoms with Gasteiger partial charge in [-0.1, -0.05) is 24.3 Å². The predicted molar refractivity (Wildman–Crippen MR) is 78.4 cm³/mol. The highest BCUT2D eigenvalue weighted by Gasteiger charge is 2.21. The summed E-state index contributed by atoms with van der Waals surface area (Å²) in [6, 6.07) is 7.72. The van der Waals surface area contributed by atoms with Gasteiger partial charge < -0.3 is 14.8 Å². The van der Waals surface area contributed by atoms with Gasteiger partial charge in [0.1, 0.15) is 6.61 Å². The second-order valence-corrected chi connectivity index (χ2v) is 5.11. The Bertz CT molecular complexity index is 585. The van der Waals surface area contributed by atoms with Gasteiger partial charge in [-0.05, 0) is 25.1 Å². The first-order valence-corrected chi connectivity index (χ1v) is 7.33. The first-order chi connectivity index (χ1) is 10.3. The van der Waals surface area contributed by atoms with Crippen molar-refractivity contribution in [3.8, 4) is 11.5 Å². The van der Waals surface area contributed by atoms with E-state index >= 15 is 0 Å². The summed E-state index contributed by atoms with van der Waals surface area (Å²) in [7, 11) is 0. The maximum atomic E-state index is 5.91. The molecule has 0 radical (unpaired) electrons. The number of fused-ring (bicyclic) bond motifs is 1. The number of para-hydroxylation sites is 2. The molecule has 2 aromatic rings. The Hall–Kier alpha value is -2.08. The number of rotatable bonds is 6. The minimum Gasteiger partial charge on any atom is -0.486 e. The van der Waals surface area contributed by atoms with E-state index in [0.29, 0.717) is 13.2 Å². The smallest absolute Gasteiger partial charge is 0.161 e. The minimum absolute atomic E-state index is 0.0435. The molecule has 0 aliphatic carbocycles. The topological polar surface area (TPSA) is 61.2 Å². The molecule has 1 aliphatic rings. The lowest BCUT2D eigenvalue weighted by atomic mass is 10.2. The van der Waals surface area contributed by atoms with Crippen LogP contribution in [0.5, 0.6) is 11.5 Å². The van der Waals surface area contributed by atoms with Gasteiger partial charge in [0.25, 0.3) is 0 Å². The van der Waals surface area contributed by atoms with Crippen molar-refractivity contribution >= 4 is 0 Å². The van der Waals surface area contributed by atoms with Crippen LogP contribution in [0.3, 0.4) is 0 Å². The summed E-state index contributed by atoms with van der Waals surface area (Å²) in [5.74, 6) is 1.59. The molecular formula is C15H20N4O2. The van der Waals surface area contributed by atoms with Crippen LogP contribution in [-0.2, 0) is 13.1 Å². The van der Waals surface area contributed by atoms with Crippen molar-refractivity contribution in [2.24, 2.45) is 0 Å². The van der Waals surface area contributed by atoms with E-state index in [0.717, 1.165) is 36.7 Å². The molecule has 0 bridgehead atoms. The molecule has 1 aromatic heterocycles. The van der Waals surface area contributed by atoms with E-state index in [1.807, 2.05) is 35.1 Å². The Morgan fingerprint density at radius 3 is 3.05 bits per heavy atom. The molecule has 6 heteroatoms. The van der Waals surface area contributed by atoms with Crippen LogP contribution in [0.1, 0.15) is 19.0 Å². The van der Waals surface area contributed by atoms with Crippen LogP contribution >= 0.6 is 0 Å². The Balaban J connectivity index is 1.55. The average molecular weight is 288 g/mol. The van der Waals surface area contributed by atoms with Gasteiger partial charge in [-0.3, -0.25) is 0 Å². The van der Waals surface area contributed by atoms with Gasteiger partial charge in [0, 0.05) is 12.7 Å². The molecule has 0 spiro atoms. The zero-order chi connectivity index (χ0) is 14.5. The molecule has 0 saturated heterocycles. The van der Waals surface area contributed by atoms with E-state index in [-0.39, 0.29) is 6.10 Å². The molecule has 21 heavy (non-hydrogen) atoms. The van der Waals surface area contributed by atoms with Crippen LogP contribution in [-0.4, -0.2) is 34.2 Å². The standard InChI is InChI=1S/C15H20N4O2/c1-2-7-16-8-12-9-19(18-17-12)10-13-11-20-14-5-3-4-6-15(14)21-13/h3-6,9,13,16H,2,7-8,10-11H2,1H3. The van der Waals surface area contributed by atoms with E-state index in [4.69, 9.17) is 9.47 Å². The van der Waals surface area contributed by atoms with Gasteiger partial charge in [0.2, 0.25) is 0 Å².